The predicted octanol–water partition coefficient (Wildman–Crippen LogP) is 5.22. The zero-order valence-electron chi connectivity index (χ0n) is 14.5. The average molecular weight is 395 g/mol. The third-order valence-electron chi connectivity index (χ3n) is 3.98. The van der Waals surface area contributed by atoms with Gasteiger partial charge < -0.3 is 14.2 Å². The first-order chi connectivity index (χ1) is 12.7. The van der Waals surface area contributed by atoms with Gasteiger partial charge in [-0.1, -0.05) is 23.2 Å². The maximum Gasteiger partial charge on any atom is 0.217 e. The van der Waals surface area contributed by atoms with Gasteiger partial charge in [-0.15, -0.1) is 0 Å². The molecule has 0 unspecified atom stereocenters. The Labute approximate surface area is 162 Å². The van der Waals surface area contributed by atoms with Crippen LogP contribution in [0.15, 0.2) is 41.9 Å². The summed E-state index contributed by atoms with van der Waals surface area (Å²) < 4.78 is 17.2. The molecule has 0 bridgehead atoms. The minimum absolute atomic E-state index is 0.272. The van der Waals surface area contributed by atoms with Crippen LogP contribution in [0.5, 0.6) is 11.6 Å². The summed E-state index contributed by atoms with van der Waals surface area (Å²) in [4.78, 5) is 8.39. The third-order valence-corrected chi connectivity index (χ3v) is 4.49. The van der Waals surface area contributed by atoms with Gasteiger partial charge in [0.05, 0.1) is 23.5 Å². The van der Waals surface area contributed by atoms with Gasteiger partial charge in [0.2, 0.25) is 5.88 Å². The van der Waals surface area contributed by atoms with E-state index in [9.17, 15) is 0 Å². The Morgan fingerprint density at radius 3 is 2.62 bits per heavy atom. The summed E-state index contributed by atoms with van der Waals surface area (Å²) in [5, 5.41) is 0.991. The molecule has 1 aliphatic carbocycles. The van der Waals surface area contributed by atoms with Crippen molar-refractivity contribution in [2.24, 2.45) is 0 Å². The minimum atomic E-state index is 0.272. The van der Waals surface area contributed by atoms with Crippen LogP contribution in [-0.2, 0) is 11.3 Å². The van der Waals surface area contributed by atoms with Crippen molar-refractivity contribution in [2.45, 2.75) is 32.8 Å². The maximum absolute atomic E-state index is 6.16. The zero-order chi connectivity index (χ0) is 18.4. The lowest BCUT2D eigenvalue weighted by atomic mass is 9.91. The van der Waals surface area contributed by atoms with Crippen molar-refractivity contribution >= 4 is 23.2 Å². The lowest BCUT2D eigenvalue weighted by Gasteiger charge is -2.22. The summed E-state index contributed by atoms with van der Waals surface area (Å²) in [7, 11) is 0. The summed E-state index contributed by atoms with van der Waals surface area (Å²) in [5.41, 5.74) is 2.07. The SMILES string of the molecule is CCOC(COc1cc(OCc2ccc(Cl)cn2)c(Cl)cn1)=C1CCC1. The molecular weight excluding hydrogens is 375 g/mol. The second-order valence-corrected chi connectivity index (χ2v) is 6.65. The molecule has 1 saturated carbocycles. The molecule has 0 radical (unpaired) electrons. The monoisotopic (exact) mass is 394 g/mol. The summed E-state index contributed by atoms with van der Waals surface area (Å²) in [5.74, 6) is 1.83. The molecule has 2 heterocycles. The first kappa shape index (κ1) is 18.8. The third kappa shape index (κ3) is 5.02. The quantitative estimate of drug-likeness (QED) is 0.574. The zero-order valence-corrected chi connectivity index (χ0v) is 16.0. The Morgan fingerprint density at radius 2 is 1.96 bits per heavy atom. The van der Waals surface area contributed by atoms with Crippen LogP contribution in [0, 0.1) is 0 Å². The number of nitrogens with zero attached hydrogens (tertiary/aromatic N) is 2. The first-order valence-corrected chi connectivity index (χ1v) is 9.26. The van der Waals surface area contributed by atoms with E-state index in [1.807, 2.05) is 6.92 Å². The Kier molecular flexibility index (Phi) is 6.58. The van der Waals surface area contributed by atoms with E-state index in [0.717, 1.165) is 24.3 Å². The van der Waals surface area contributed by atoms with Crippen LogP contribution >= 0.6 is 23.2 Å². The molecule has 0 aromatic carbocycles. The van der Waals surface area contributed by atoms with Crippen LogP contribution in [0.25, 0.3) is 0 Å². The lowest BCUT2D eigenvalue weighted by Crippen LogP contribution is -2.12. The van der Waals surface area contributed by atoms with Crippen molar-refractivity contribution in [1.29, 1.82) is 0 Å². The predicted molar refractivity (Wildman–Crippen MR) is 101 cm³/mol. The smallest absolute Gasteiger partial charge is 0.217 e. The summed E-state index contributed by atoms with van der Waals surface area (Å²) in [6.07, 6.45) is 6.46. The van der Waals surface area contributed by atoms with Crippen LogP contribution in [0.2, 0.25) is 10.0 Å². The number of halogens is 2. The van der Waals surface area contributed by atoms with E-state index in [1.165, 1.54) is 18.2 Å². The highest BCUT2D eigenvalue weighted by Gasteiger charge is 2.17. The number of ether oxygens (including phenoxy) is 3. The number of allylic oxidation sites excluding steroid dienone is 1. The Bertz CT molecular complexity index is 773. The lowest BCUT2D eigenvalue weighted by molar-refractivity contribution is 0.169. The molecule has 7 heteroatoms. The van der Waals surface area contributed by atoms with Gasteiger partial charge in [0.1, 0.15) is 29.7 Å². The Balaban J connectivity index is 1.62. The molecule has 5 nitrogen and oxygen atoms in total. The van der Waals surface area contributed by atoms with E-state index in [0.29, 0.717) is 34.9 Å². The van der Waals surface area contributed by atoms with Crippen LogP contribution in [0.1, 0.15) is 31.9 Å². The van der Waals surface area contributed by atoms with Crippen LogP contribution < -0.4 is 9.47 Å². The van der Waals surface area contributed by atoms with E-state index in [1.54, 1.807) is 24.4 Å². The van der Waals surface area contributed by atoms with Gasteiger partial charge in [0.15, 0.2) is 0 Å². The highest BCUT2D eigenvalue weighted by Crippen LogP contribution is 2.31. The highest BCUT2D eigenvalue weighted by molar-refractivity contribution is 6.32. The van der Waals surface area contributed by atoms with Gasteiger partial charge in [0, 0.05) is 12.3 Å². The van der Waals surface area contributed by atoms with Gasteiger partial charge in [-0.05, 0) is 43.9 Å². The molecule has 0 amide bonds. The summed E-state index contributed by atoms with van der Waals surface area (Å²) >= 11 is 12.0. The summed E-state index contributed by atoms with van der Waals surface area (Å²) in [6.45, 7) is 3.22. The highest BCUT2D eigenvalue weighted by atomic mass is 35.5. The number of hydrogen-bond acceptors (Lipinski definition) is 5. The number of pyridine rings is 2. The fraction of sp³-hybridized carbons (Fsp3) is 0.368. The molecular formula is C19H20Cl2N2O3. The fourth-order valence-electron chi connectivity index (χ4n) is 2.43. The molecule has 138 valence electrons. The van der Waals surface area contributed by atoms with Gasteiger partial charge >= 0.3 is 0 Å². The van der Waals surface area contributed by atoms with Gasteiger partial charge in [-0.3, -0.25) is 4.98 Å². The average Bonchev–Trinajstić information content (AvgIpc) is 2.59. The topological polar surface area (TPSA) is 53.5 Å². The van der Waals surface area contributed by atoms with E-state index < -0.39 is 0 Å². The van der Waals surface area contributed by atoms with E-state index >= 15 is 0 Å². The second-order valence-electron chi connectivity index (χ2n) is 5.81. The van der Waals surface area contributed by atoms with E-state index in [2.05, 4.69) is 9.97 Å². The van der Waals surface area contributed by atoms with Crippen LogP contribution in [0.4, 0.5) is 0 Å². The molecule has 0 spiro atoms. The first-order valence-electron chi connectivity index (χ1n) is 8.51. The van der Waals surface area contributed by atoms with Gasteiger partial charge in [-0.25, -0.2) is 4.98 Å². The summed E-state index contributed by atoms with van der Waals surface area (Å²) in [6, 6.07) is 5.24. The molecule has 1 aliphatic rings. The molecule has 0 atom stereocenters. The normalized spacial score (nSPS) is 13.1. The Hall–Kier alpha value is -1.98. The fourth-order valence-corrected chi connectivity index (χ4v) is 2.70. The van der Waals surface area contributed by atoms with E-state index in [4.69, 9.17) is 37.4 Å². The maximum atomic E-state index is 6.16. The number of hydrogen-bond donors (Lipinski definition) is 0. The molecule has 3 rings (SSSR count). The van der Waals surface area contributed by atoms with Crippen molar-refractivity contribution in [3.05, 3.63) is 57.7 Å². The molecule has 0 saturated heterocycles. The minimum Gasteiger partial charge on any atom is -0.495 e. The van der Waals surface area contributed by atoms with E-state index in [-0.39, 0.29) is 6.61 Å². The number of rotatable bonds is 8. The van der Waals surface area contributed by atoms with Crippen molar-refractivity contribution in [1.82, 2.24) is 9.97 Å². The number of aromatic nitrogens is 2. The largest absolute Gasteiger partial charge is 0.495 e. The van der Waals surface area contributed by atoms with Crippen molar-refractivity contribution in [3.8, 4) is 11.6 Å². The molecule has 2 aromatic heterocycles. The second kappa shape index (κ2) is 9.10. The molecule has 26 heavy (non-hydrogen) atoms. The van der Waals surface area contributed by atoms with Crippen LogP contribution in [-0.4, -0.2) is 23.2 Å². The Morgan fingerprint density at radius 1 is 1.12 bits per heavy atom. The van der Waals surface area contributed by atoms with Crippen molar-refractivity contribution in [3.63, 3.8) is 0 Å². The van der Waals surface area contributed by atoms with Crippen molar-refractivity contribution < 1.29 is 14.2 Å². The van der Waals surface area contributed by atoms with Crippen LogP contribution in [0.3, 0.4) is 0 Å². The molecule has 2 aromatic rings. The van der Waals surface area contributed by atoms with Gasteiger partial charge in [-0.2, -0.15) is 0 Å². The standard InChI is InChI=1S/C19H20Cl2N2O3/c1-2-24-18(13-4-3-5-13)12-26-19-8-17(16(21)10-23-19)25-11-15-7-6-14(20)9-22-15/h6-10H,2-5,11-12H2,1H3. The van der Waals surface area contributed by atoms with Gasteiger partial charge in [0.25, 0.3) is 0 Å². The molecule has 0 N–H and O–H groups in total. The molecule has 1 fully saturated rings. The van der Waals surface area contributed by atoms with Crippen molar-refractivity contribution in [2.75, 3.05) is 13.2 Å². The molecule has 0 aliphatic heterocycles.